The summed E-state index contributed by atoms with van der Waals surface area (Å²) in [6, 6.07) is 13.8. The highest BCUT2D eigenvalue weighted by atomic mass is 16.5. The van der Waals surface area contributed by atoms with E-state index >= 15 is 0 Å². The molecule has 3 aliphatic rings. The molecule has 6 nitrogen and oxygen atoms in total. The molecule has 0 spiro atoms. The summed E-state index contributed by atoms with van der Waals surface area (Å²) in [4.78, 5) is 17.1. The molecule has 3 fully saturated rings. The summed E-state index contributed by atoms with van der Waals surface area (Å²) in [7, 11) is 1.67. The van der Waals surface area contributed by atoms with E-state index in [1.54, 1.807) is 13.2 Å². The van der Waals surface area contributed by atoms with Gasteiger partial charge in [0.2, 0.25) is 5.91 Å². The van der Waals surface area contributed by atoms with Crippen molar-refractivity contribution in [3.8, 4) is 17.4 Å². The Morgan fingerprint density at radius 2 is 2.07 bits per heavy atom. The molecule has 3 aliphatic heterocycles. The molecule has 0 aliphatic carbocycles. The van der Waals surface area contributed by atoms with Crippen molar-refractivity contribution in [2.45, 2.75) is 25.4 Å². The summed E-state index contributed by atoms with van der Waals surface area (Å²) >= 11 is 0. The third kappa shape index (κ3) is 3.68. The van der Waals surface area contributed by atoms with Crippen LogP contribution in [0.1, 0.15) is 24.2 Å². The molecular weight excluding hydrogens is 354 g/mol. The van der Waals surface area contributed by atoms with Crippen molar-refractivity contribution in [2.24, 2.45) is 5.92 Å². The van der Waals surface area contributed by atoms with Crippen LogP contribution in [-0.2, 0) is 16.1 Å². The van der Waals surface area contributed by atoms with E-state index in [0.29, 0.717) is 31.0 Å². The van der Waals surface area contributed by atoms with Crippen molar-refractivity contribution in [3.05, 3.63) is 47.7 Å². The molecule has 6 heteroatoms. The second-order valence-corrected chi connectivity index (χ2v) is 7.57. The molecule has 2 atom stereocenters. The first-order valence-corrected chi connectivity index (χ1v) is 9.79. The summed E-state index contributed by atoms with van der Waals surface area (Å²) in [5, 5.41) is 9.31. The number of benzene rings is 1. The number of nitrogens with zero attached hydrogens (tertiary/aromatic N) is 3. The van der Waals surface area contributed by atoms with Gasteiger partial charge in [-0.05, 0) is 37.1 Å². The van der Waals surface area contributed by atoms with E-state index in [1.807, 2.05) is 35.2 Å². The van der Waals surface area contributed by atoms with Crippen molar-refractivity contribution in [1.29, 1.82) is 5.26 Å². The monoisotopic (exact) mass is 379 g/mol. The lowest BCUT2D eigenvalue weighted by Crippen LogP contribution is -2.49. The first-order chi connectivity index (χ1) is 13.7. The van der Waals surface area contributed by atoms with E-state index in [-0.39, 0.29) is 17.9 Å². The fraction of sp³-hybridized carbons (Fsp3) is 0.455. The van der Waals surface area contributed by atoms with E-state index < -0.39 is 0 Å². The predicted octanol–water partition coefficient (Wildman–Crippen LogP) is 2.89. The van der Waals surface area contributed by atoms with Gasteiger partial charge in [-0.3, -0.25) is 9.69 Å². The molecule has 1 amide bonds. The zero-order chi connectivity index (χ0) is 19.5. The predicted molar refractivity (Wildman–Crippen MR) is 104 cm³/mol. The Bertz CT molecular complexity index is 885. The second-order valence-electron chi connectivity index (χ2n) is 7.57. The number of amides is 1. The van der Waals surface area contributed by atoms with Crippen molar-refractivity contribution >= 4 is 5.91 Å². The van der Waals surface area contributed by atoms with Gasteiger partial charge in [0, 0.05) is 38.3 Å². The number of hydrogen-bond acceptors (Lipinski definition) is 5. The molecule has 5 rings (SSSR count). The van der Waals surface area contributed by atoms with Gasteiger partial charge in [-0.25, -0.2) is 0 Å². The Morgan fingerprint density at radius 1 is 1.21 bits per heavy atom. The van der Waals surface area contributed by atoms with Crippen LogP contribution in [0.15, 0.2) is 40.8 Å². The quantitative estimate of drug-likeness (QED) is 0.772. The molecule has 146 valence electrons. The number of hydrogen-bond donors (Lipinski definition) is 0. The van der Waals surface area contributed by atoms with E-state index in [9.17, 15) is 10.1 Å². The van der Waals surface area contributed by atoms with Crippen molar-refractivity contribution in [3.63, 3.8) is 0 Å². The minimum Gasteiger partial charge on any atom is -0.460 e. The maximum Gasteiger partial charge on any atom is 0.227 e. The maximum atomic E-state index is 12.8. The minimum atomic E-state index is 0.0596. The third-order valence-electron chi connectivity index (χ3n) is 5.76. The lowest BCUT2D eigenvalue weighted by atomic mass is 9.94. The van der Waals surface area contributed by atoms with E-state index in [0.717, 1.165) is 37.3 Å². The molecule has 2 bridgehead atoms. The van der Waals surface area contributed by atoms with Gasteiger partial charge in [-0.2, -0.15) is 5.26 Å². The molecule has 0 radical (unpaired) electrons. The summed E-state index contributed by atoms with van der Waals surface area (Å²) in [6.07, 6.45) is 2.01. The first kappa shape index (κ1) is 18.7. The molecule has 0 unspecified atom stereocenters. The fourth-order valence-corrected chi connectivity index (χ4v) is 4.37. The Labute approximate surface area is 165 Å². The zero-order valence-corrected chi connectivity index (χ0v) is 16.1. The lowest BCUT2D eigenvalue weighted by molar-refractivity contribution is -0.140. The van der Waals surface area contributed by atoms with Crippen LogP contribution in [0.3, 0.4) is 0 Å². The van der Waals surface area contributed by atoms with E-state index in [1.165, 1.54) is 0 Å². The molecule has 0 saturated carbocycles. The molecular formula is C22H25N3O3. The molecule has 1 aromatic heterocycles. The Balaban J connectivity index is 1.48. The van der Waals surface area contributed by atoms with Crippen molar-refractivity contribution in [2.75, 3.05) is 33.4 Å². The number of rotatable bonds is 6. The van der Waals surface area contributed by atoms with Crippen LogP contribution in [0.2, 0.25) is 0 Å². The zero-order valence-electron chi connectivity index (χ0n) is 16.1. The summed E-state index contributed by atoms with van der Waals surface area (Å²) in [6.45, 7) is 3.54. The van der Waals surface area contributed by atoms with Crippen LogP contribution < -0.4 is 0 Å². The lowest BCUT2D eigenvalue weighted by Gasteiger charge is -2.35. The number of ether oxygens (including phenoxy) is 1. The van der Waals surface area contributed by atoms with Gasteiger partial charge >= 0.3 is 0 Å². The van der Waals surface area contributed by atoms with E-state index in [2.05, 4.69) is 11.0 Å². The Hall–Kier alpha value is -2.62. The average molecular weight is 379 g/mol. The highest BCUT2D eigenvalue weighted by Gasteiger charge is 2.40. The van der Waals surface area contributed by atoms with Crippen LogP contribution in [-0.4, -0.2) is 55.1 Å². The van der Waals surface area contributed by atoms with Crippen LogP contribution in [0.4, 0.5) is 0 Å². The van der Waals surface area contributed by atoms with Crippen LogP contribution >= 0.6 is 0 Å². The Morgan fingerprint density at radius 3 is 2.89 bits per heavy atom. The highest BCUT2D eigenvalue weighted by molar-refractivity contribution is 5.80. The SMILES string of the molecule is COCCN1C(=O)[C@@H]2CC[C@H]1CN(Cc1ccc(-c3ccccc3C#N)o1)C2. The first-order valence-electron chi connectivity index (χ1n) is 9.79. The highest BCUT2D eigenvalue weighted by Crippen LogP contribution is 2.31. The molecule has 3 saturated heterocycles. The Kier molecular flexibility index (Phi) is 5.47. The number of methoxy groups -OCH3 is 1. The molecule has 2 aromatic rings. The number of carbonyl (C=O) groups excluding carboxylic acids is 1. The molecule has 0 N–H and O–H groups in total. The van der Waals surface area contributed by atoms with Gasteiger partial charge < -0.3 is 14.1 Å². The third-order valence-corrected chi connectivity index (χ3v) is 5.76. The van der Waals surface area contributed by atoms with Gasteiger partial charge in [0.25, 0.3) is 0 Å². The minimum absolute atomic E-state index is 0.0596. The van der Waals surface area contributed by atoms with Crippen molar-refractivity contribution in [1.82, 2.24) is 9.80 Å². The number of nitriles is 1. The van der Waals surface area contributed by atoms with Gasteiger partial charge in [0.05, 0.1) is 30.7 Å². The number of carbonyl (C=O) groups is 1. The molecule has 28 heavy (non-hydrogen) atoms. The number of fused-ring (bicyclic) bond motifs is 4. The summed E-state index contributed by atoms with van der Waals surface area (Å²) in [5.74, 6) is 1.89. The normalized spacial score (nSPS) is 22.3. The van der Waals surface area contributed by atoms with Gasteiger partial charge in [-0.1, -0.05) is 12.1 Å². The standard InChI is InChI=1S/C22H25N3O3/c1-27-11-10-25-18-7-6-17(22(25)26)13-24(14-18)15-19-8-9-21(28-19)20-5-3-2-4-16(20)12-23/h2-5,8-9,17-18H,6-7,10-11,13-15H2,1H3/t17-,18+/m1/s1. The van der Waals surface area contributed by atoms with Gasteiger partial charge in [-0.15, -0.1) is 0 Å². The van der Waals surface area contributed by atoms with Crippen LogP contribution in [0, 0.1) is 17.2 Å². The molecule has 1 aromatic carbocycles. The second kappa shape index (κ2) is 8.17. The number of furan rings is 1. The summed E-state index contributed by atoms with van der Waals surface area (Å²) < 4.78 is 11.2. The summed E-state index contributed by atoms with van der Waals surface area (Å²) in [5.41, 5.74) is 1.42. The van der Waals surface area contributed by atoms with Crippen molar-refractivity contribution < 1.29 is 13.9 Å². The fourth-order valence-electron chi connectivity index (χ4n) is 4.37. The molecule has 4 heterocycles. The van der Waals surface area contributed by atoms with Gasteiger partial charge in [0.15, 0.2) is 0 Å². The average Bonchev–Trinajstić information content (AvgIpc) is 3.02. The van der Waals surface area contributed by atoms with Crippen LogP contribution in [0.5, 0.6) is 0 Å². The van der Waals surface area contributed by atoms with Gasteiger partial charge in [0.1, 0.15) is 11.5 Å². The topological polar surface area (TPSA) is 69.7 Å². The van der Waals surface area contributed by atoms with Crippen LogP contribution in [0.25, 0.3) is 11.3 Å². The smallest absolute Gasteiger partial charge is 0.227 e. The van der Waals surface area contributed by atoms with E-state index in [4.69, 9.17) is 9.15 Å². The maximum absolute atomic E-state index is 12.8. The number of piperidine rings is 1. The largest absolute Gasteiger partial charge is 0.460 e.